The number of carbonyl (C=O) groups excluding carboxylic acids is 2. The Morgan fingerprint density at radius 1 is 1.32 bits per heavy atom. The lowest BCUT2D eigenvalue weighted by Gasteiger charge is -2.27. The molecule has 0 saturated carbocycles. The van der Waals surface area contributed by atoms with Crippen molar-refractivity contribution in [2.45, 2.75) is 45.6 Å². The van der Waals surface area contributed by atoms with E-state index in [4.69, 9.17) is 4.74 Å². The molecule has 1 rings (SSSR count). The molecule has 1 aliphatic rings. The highest BCUT2D eigenvalue weighted by molar-refractivity contribution is 7.91. The number of amides is 2. The van der Waals surface area contributed by atoms with Crippen LogP contribution in [0.25, 0.3) is 0 Å². The summed E-state index contributed by atoms with van der Waals surface area (Å²) in [4.78, 5) is 24.8. The first-order chi connectivity index (χ1) is 10.4. The van der Waals surface area contributed by atoms with Gasteiger partial charge >= 0.3 is 6.09 Å². The Balaban J connectivity index is 2.49. The number of rotatable bonds is 8. The molecule has 128 valence electrons. The standard InChI is InChI=1S/C14H26N2O5S/c1-3-6-13(17)15-8-5-9-16(14(18)21-4-2)12-7-10-22(19,20)11-12/h12H,3-11H2,1-2H3,(H,15,17). The van der Waals surface area contributed by atoms with E-state index in [1.165, 1.54) is 4.90 Å². The molecule has 2 amide bonds. The Morgan fingerprint density at radius 2 is 2.05 bits per heavy atom. The molecule has 8 heteroatoms. The predicted molar refractivity (Wildman–Crippen MR) is 83.3 cm³/mol. The molecule has 0 aromatic heterocycles. The molecule has 0 bridgehead atoms. The molecule has 7 nitrogen and oxygen atoms in total. The van der Waals surface area contributed by atoms with Gasteiger partial charge in [-0.05, 0) is 26.2 Å². The van der Waals surface area contributed by atoms with E-state index in [1.807, 2.05) is 6.92 Å². The van der Waals surface area contributed by atoms with Gasteiger partial charge in [0.05, 0.1) is 18.1 Å². The number of nitrogens with zero attached hydrogens (tertiary/aromatic N) is 1. The Bertz CT molecular complexity index is 478. The van der Waals surface area contributed by atoms with Crippen molar-refractivity contribution in [2.24, 2.45) is 0 Å². The first kappa shape index (κ1) is 18.7. The molecule has 0 aromatic carbocycles. The largest absolute Gasteiger partial charge is 0.450 e. The van der Waals surface area contributed by atoms with Crippen LogP contribution in [0.2, 0.25) is 0 Å². The average molecular weight is 334 g/mol. The van der Waals surface area contributed by atoms with Gasteiger partial charge in [-0.25, -0.2) is 13.2 Å². The van der Waals surface area contributed by atoms with Crippen LogP contribution in [0, 0.1) is 0 Å². The zero-order chi connectivity index (χ0) is 16.6. The van der Waals surface area contributed by atoms with Crippen LogP contribution in [0.5, 0.6) is 0 Å². The van der Waals surface area contributed by atoms with Crippen LogP contribution in [0.3, 0.4) is 0 Å². The Hall–Kier alpha value is -1.31. The summed E-state index contributed by atoms with van der Waals surface area (Å²) in [5.41, 5.74) is 0. The van der Waals surface area contributed by atoms with Gasteiger partial charge in [0.15, 0.2) is 9.84 Å². The van der Waals surface area contributed by atoms with Crippen LogP contribution in [0.4, 0.5) is 4.79 Å². The molecule has 0 aromatic rings. The molecule has 1 N–H and O–H groups in total. The van der Waals surface area contributed by atoms with Crippen molar-refractivity contribution < 1.29 is 22.7 Å². The van der Waals surface area contributed by atoms with E-state index in [0.717, 1.165) is 6.42 Å². The molecule has 1 unspecified atom stereocenters. The minimum atomic E-state index is -3.06. The Morgan fingerprint density at radius 3 is 2.59 bits per heavy atom. The zero-order valence-electron chi connectivity index (χ0n) is 13.3. The van der Waals surface area contributed by atoms with Crippen LogP contribution < -0.4 is 5.32 Å². The van der Waals surface area contributed by atoms with Gasteiger partial charge in [-0.2, -0.15) is 0 Å². The van der Waals surface area contributed by atoms with E-state index in [-0.39, 0.29) is 30.1 Å². The molecule has 1 heterocycles. The molecule has 1 saturated heterocycles. The topological polar surface area (TPSA) is 92.8 Å². The second-order valence-corrected chi connectivity index (χ2v) is 7.63. The summed E-state index contributed by atoms with van der Waals surface area (Å²) in [6.07, 6.45) is 1.82. The van der Waals surface area contributed by atoms with E-state index in [2.05, 4.69) is 5.32 Å². The van der Waals surface area contributed by atoms with Gasteiger partial charge in [-0.1, -0.05) is 6.92 Å². The molecule has 1 atom stereocenters. The minimum Gasteiger partial charge on any atom is -0.450 e. The second kappa shape index (κ2) is 8.97. The summed E-state index contributed by atoms with van der Waals surface area (Å²) < 4.78 is 28.2. The average Bonchev–Trinajstić information content (AvgIpc) is 2.79. The maximum absolute atomic E-state index is 12.0. The molecule has 0 spiro atoms. The summed E-state index contributed by atoms with van der Waals surface area (Å²) in [7, 11) is -3.06. The van der Waals surface area contributed by atoms with Gasteiger partial charge in [0.25, 0.3) is 0 Å². The highest BCUT2D eigenvalue weighted by atomic mass is 32.2. The molecule has 0 radical (unpaired) electrons. The van der Waals surface area contributed by atoms with Crippen LogP contribution >= 0.6 is 0 Å². The summed E-state index contributed by atoms with van der Waals surface area (Å²) in [5, 5.41) is 2.78. The lowest BCUT2D eigenvalue weighted by atomic mass is 10.2. The normalized spacial score (nSPS) is 19.6. The van der Waals surface area contributed by atoms with E-state index < -0.39 is 15.9 Å². The molecule has 0 aliphatic carbocycles. The van der Waals surface area contributed by atoms with E-state index in [1.54, 1.807) is 6.92 Å². The van der Waals surface area contributed by atoms with Gasteiger partial charge in [0.2, 0.25) is 5.91 Å². The monoisotopic (exact) mass is 334 g/mol. The van der Waals surface area contributed by atoms with Crippen molar-refractivity contribution in [1.82, 2.24) is 10.2 Å². The molecular weight excluding hydrogens is 308 g/mol. The van der Waals surface area contributed by atoms with Crippen molar-refractivity contribution in [3.63, 3.8) is 0 Å². The van der Waals surface area contributed by atoms with Crippen molar-refractivity contribution in [2.75, 3.05) is 31.2 Å². The van der Waals surface area contributed by atoms with Crippen molar-refractivity contribution in [1.29, 1.82) is 0 Å². The summed E-state index contributed by atoms with van der Waals surface area (Å²) in [6.45, 7) is 4.75. The van der Waals surface area contributed by atoms with Crippen LogP contribution in [-0.4, -0.2) is 62.6 Å². The van der Waals surface area contributed by atoms with E-state index in [9.17, 15) is 18.0 Å². The summed E-state index contributed by atoms with van der Waals surface area (Å²) in [6, 6.07) is -0.324. The zero-order valence-corrected chi connectivity index (χ0v) is 14.2. The third kappa shape index (κ3) is 6.21. The minimum absolute atomic E-state index is 0.00590. The van der Waals surface area contributed by atoms with Gasteiger partial charge in [-0.15, -0.1) is 0 Å². The van der Waals surface area contributed by atoms with Crippen LogP contribution in [-0.2, 0) is 19.4 Å². The van der Waals surface area contributed by atoms with Crippen LogP contribution in [0.15, 0.2) is 0 Å². The van der Waals surface area contributed by atoms with Gasteiger partial charge in [0, 0.05) is 25.6 Å². The molecule has 22 heavy (non-hydrogen) atoms. The number of ether oxygens (including phenoxy) is 1. The Kier molecular flexibility index (Phi) is 7.64. The quantitative estimate of drug-likeness (QED) is 0.667. The van der Waals surface area contributed by atoms with Crippen molar-refractivity contribution in [3.8, 4) is 0 Å². The number of nitrogens with one attached hydrogen (secondary N) is 1. The fraction of sp³-hybridized carbons (Fsp3) is 0.857. The third-order valence-electron chi connectivity index (χ3n) is 3.53. The number of sulfone groups is 1. The summed E-state index contributed by atoms with van der Waals surface area (Å²) >= 11 is 0. The van der Waals surface area contributed by atoms with Gasteiger partial charge in [-0.3, -0.25) is 4.79 Å². The van der Waals surface area contributed by atoms with Gasteiger partial charge in [0.1, 0.15) is 0 Å². The second-order valence-electron chi connectivity index (χ2n) is 5.40. The lowest BCUT2D eigenvalue weighted by Crippen LogP contribution is -2.43. The predicted octanol–water partition coefficient (Wildman–Crippen LogP) is 0.938. The maximum Gasteiger partial charge on any atom is 0.410 e. The number of carbonyl (C=O) groups is 2. The number of hydrogen-bond donors (Lipinski definition) is 1. The molecule has 1 fully saturated rings. The maximum atomic E-state index is 12.0. The van der Waals surface area contributed by atoms with Crippen LogP contribution in [0.1, 0.15) is 39.5 Å². The highest BCUT2D eigenvalue weighted by Gasteiger charge is 2.35. The van der Waals surface area contributed by atoms with E-state index >= 15 is 0 Å². The van der Waals surface area contributed by atoms with Crippen molar-refractivity contribution >= 4 is 21.8 Å². The highest BCUT2D eigenvalue weighted by Crippen LogP contribution is 2.19. The first-order valence-corrected chi connectivity index (χ1v) is 9.62. The first-order valence-electron chi connectivity index (χ1n) is 7.80. The van der Waals surface area contributed by atoms with Gasteiger partial charge < -0.3 is 15.0 Å². The lowest BCUT2D eigenvalue weighted by molar-refractivity contribution is -0.121. The SMILES string of the molecule is CCCC(=O)NCCCN(C(=O)OCC)C1CCS(=O)(=O)C1. The molecule has 1 aliphatic heterocycles. The number of hydrogen-bond acceptors (Lipinski definition) is 5. The fourth-order valence-electron chi connectivity index (χ4n) is 2.44. The fourth-order valence-corrected chi connectivity index (χ4v) is 4.17. The Labute approximate surface area is 132 Å². The van der Waals surface area contributed by atoms with Crippen molar-refractivity contribution in [3.05, 3.63) is 0 Å². The molecular formula is C14H26N2O5S. The third-order valence-corrected chi connectivity index (χ3v) is 5.28. The van der Waals surface area contributed by atoms with E-state index in [0.29, 0.717) is 32.4 Å². The smallest absolute Gasteiger partial charge is 0.410 e. The summed E-state index contributed by atoms with van der Waals surface area (Å²) in [5.74, 6) is 0.100.